The zero-order valence-corrected chi connectivity index (χ0v) is 15.8. The smallest absolute Gasteiger partial charge is 0.261 e. The Hall–Kier alpha value is -0.0000000000000000694. The predicted octanol–water partition coefficient (Wildman–Crippen LogP) is 3.30. The van der Waals surface area contributed by atoms with E-state index in [1.807, 2.05) is 25.7 Å². The average molecular weight is 338 g/mol. The second-order valence-corrected chi connectivity index (χ2v) is 8.18. The second-order valence-electron chi connectivity index (χ2n) is 4.96. The molecule has 21 heavy (non-hydrogen) atoms. The van der Waals surface area contributed by atoms with Crippen molar-refractivity contribution in [3.05, 3.63) is 0 Å². The summed E-state index contributed by atoms with van der Waals surface area (Å²) in [7, 11) is 0. The largest absolute Gasteiger partial charge is 0.342 e. The maximum atomic E-state index is 12.3. The van der Waals surface area contributed by atoms with Crippen LogP contribution in [-0.2, 0) is 25.6 Å². The third-order valence-corrected chi connectivity index (χ3v) is 5.70. The van der Waals surface area contributed by atoms with Gasteiger partial charge in [0.05, 0.1) is 19.3 Å². The van der Waals surface area contributed by atoms with Crippen LogP contribution in [0.15, 0.2) is 0 Å². The van der Waals surface area contributed by atoms with Crippen LogP contribution in [0, 0.1) is 0 Å². The van der Waals surface area contributed by atoms with E-state index in [-0.39, 0.29) is 18.6 Å². The van der Waals surface area contributed by atoms with Gasteiger partial charge in [-0.15, -0.1) is 0 Å². The van der Waals surface area contributed by atoms with Crippen molar-refractivity contribution in [1.29, 1.82) is 0 Å². The number of hydrogen-bond donors (Lipinski definition) is 1. The first-order valence-corrected chi connectivity index (χ1v) is 10.5. The molecule has 0 radical (unpaired) electrons. The molecule has 0 aliphatic carbocycles. The van der Waals surface area contributed by atoms with Gasteiger partial charge in [0.15, 0.2) is 0 Å². The zero-order valence-electron chi connectivity index (χ0n) is 14.1. The molecule has 1 N–H and O–H groups in total. The van der Waals surface area contributed by atoms with E-state index < -0.39 is 6.64 Å². The third-order valence-electron chi connectivity index (χ3n) is 2.96. The van der Waals surface area contributed by atoms with Crippen LogP contribution >= 0.6 is 6.64 Å². The molecule has 0 aromatic rings. The Labute approximate surface area is 135 Å². The Morgan fingerprint density at radius 3 is 2.24 bits per heavy atom. The Morgan fingerprint density at radius 1 is 1.24 bits per heavy atom. The van der Waals surface area contributed by atoms with E-state index in [0.717, 1.165) is 32.4 Å². The SMILES string of the molecule is CCCN(CCC)C(=O)CNP(=S)(OCC)OC(C)CC. The monoisotopic (exact) mass is 338 g/mol. The predicted molar refractivity (Wildman–Crippen MR) is 91.9 cm³/mol. The van der Waals surface area contributed by atoms with E-state index in [9.17, 15) is 4.79 Å². The molecule has 0 bridgehead atoms. The second kappa shape index (κ2) is 11.6. The fourth-order valence-corrected chi connectivity index (χ4v) is 4.24. The lowest BCUT2D eigenvalue weighted by Gasteiger charge is -2.27. The van der Waals surface area contributed by atoms with Crippen LogP contribution in [0.5, 0.6) is 0 Å². The van der Waals surface area contributed by atoms with Gasteiger partial charge >= 0.3 is 0 Å². The molecule has 0 aromatic carbocycles. The number of amides is 1. The molecular weight excluding hydrogens is 307 g/mol. The fourth-order valence-electron chi connectivity index (χ4n) is 1.77. The molecule has 5 nitrogen and oxygen atoms in total. The molecule has 2 atom stereocenters. The molecule has 7 heteroatoms. The van der Waals surface area contributed by atoms with Gasteiger partial charge in [-0.3, -0.25) is 4.79 Å². The van der Waals surface area contributed by atoms with Crippen LogP contribution in [0.2, 0.25) is 0 Å². The van der Waals surface area contributed by atoms with Gasteiger partial charge in [-0.1, -0.05) is 20.8 Å². The highest BCUT2D eigenvalue weighted by molar-refractivity contribution is 8.09. The van der Waals surface area contributed by atoms with Gasteiger partial charge < -0.3 is 13.9 Å². The summed E-state index contributed by atoms with van der Waals surface area (Å²) in [5.41, 5.74) is 0. The summed E-state index contributed by atoms with van der Waals surface area (Å²) >= 11 is 5.46. The van der Waals surface area contributed by atoms with E-state index in [1.54, 1.807) is 0 Å². The molecule has 0 aliphatic heterocycles. The Bertz CT molecular complexity index is 336. The van der Waals surface area contributed by atoms with Crippen LogP contribution in [-0.4, -0.2) is 43.2 Å². The highest BCUT2D eigenvalue weighted by Crippen LogP contribution is 2.45. The molecule has 0 aliphatic rings. The molecule has 0 rings (SSSR count). The summed E-state index contributed by atoms with van der Waals surface area (Å²) in [5.74, 6) is 0.0559. The Morgan fingerprint density at radius 2 is 1.81 bits per heavy atom. The van der Waals surface area contributed by atoms with Gasteiger partial charge in [0.2, 0.25) is 5.91 Å². The van der Waals surface area contributed by atoms with Crippen molar-refractivity contribution in [1.82, 2.24) is 9.99 Å². The van der Waals surface area contributed by atoms with Crippen molar-refractivity contribution in [3.63, 3.8) is 0 Å². The van der Waals surface area contributed by atoms with Crippen molar-refractivity contribution in [2.75, 3.05) is 26.2 Å². The maximum absolute atomic E-state index is 12.3. The highest BCUT2D eigenvalue weighted by atomic mass is 32.5. The molecule has 1 amide bonds. The third kappa shape index (κ3) is 8.89. The molecule has 2 unspecified atom stereocenters. The first-order chi connectivity index (χ1) is 9.92. The number of carbonyl (C=O) groups excluding carboxylic acids is 1. The van der Waals surface area contributed by atoms with Gasteiger partial charge in [0.1, 0.15) is 0 Å². The van der Waals surface area contributed by atoms with E-state index in [4.69, 9.17) is 20.9 Å². The van der Waals surface area contributed by atoms with Crippen molar-refractivity contribution in [2.24, 2.45) is 0 Å². The fraction of sp³-hybridized carbons (Fsp3) is 0.929. The van der Waals surface area contributed by atoms with Crippen LogP contribution in [0.4, 0.5) is 0 Å². The highest BCUT2D eigenvalue weighted by Gasteiger charge is 2.23. The summed E-state index contributed by atoms with van der Waals surface area (Å²) in [6.07, 6.45) is 2.79. The van der Waals surface area contributed by atoms with Gasteiger partial charge in [0.25, 0.3) is 6.64 Å². The average Bonchev–Trinajstić information content (AvgIpc) is 2.44. The van der Waals surface area contributed by atoms with E-state index in [0.29, 0.717) is 6.61 Å². The molecule has 0 saturated heterocycles. The molecule has 0 saturated carbocycles. The van der Waals surface area contributed by atoms with Crippen molar-refractivity contribution in [3.8, 4) is 0 Å². The lowest BCUT2D eigenvalue weighted by Crippen LogP contribution is -2.38. The van der Waals surface area contributed by atoms with Gasteiger partial charge in [-0.05, 0) is 44.9 Å². The topological polar surface area (TPSA) is 50.8 Å². The number of nitrogens with one attached hydrogen (secondary N) is 1. The minimum atomic E-state index is -2.59. The standard InChI is InChI=1S/C14H31N2O3PS/c1-6-10-16(11-7-2)14(17)12-15-20(21,18-9-4)19-13(5)8-3/h13H,6-12H2,1-5H3,(H,15,21). The molecule has 0 heterocycles. The van der Waals surface area contributed by atoms with Crippen molar-refractivity contribution < 1.29 is 13.8 Å². The van der Waals surface area contributed by atoms with Crippen molar-refractivity contribution >= 4 is 24.4 Å². The summed E-state index contributed by atoms with van der Waals surface area (Å²) in [6.45, 7) is 9.63. The minimum Gasteiger partial charge on any atom is -0.342 e. The Balaban J connectivity index is 4.58. The number of carbonyl (C=O) groups is 1. The summed E-state index contributed by atoms with van der Waals surface area (Å²) in [5, 5.41) is 3.05. The minimum absolute atomic E-state index is 0.0207. The van der Waals surface area contributed by atoms with Crippen LogP contribution in [0.25, 0.3) is 0 Å². The summed E-state index contributed by atoms with van der Waals surface area (Å²) in [4.78, 5) is 14.1. The first kappa shape index (κ1) is 21.0. The number of rotatable bonds is 12. The summed E-state index contributed by atoms with van der Waals surface area (Å²) in [6, 6.07) is 0. The van der Waals surface area contributed by atoms with Crippen LogP contribution in [0.1, 0.15) is 53.9 Å². The molecule has 0 aromatic heterocycles. The number of hydrogen-bond acceptors (Lipinski definition) is 4. The quantitative estimate of drug-likeness (QED) is 0.553. The van der Waals surface area contributed by atoms with Gasteiger partial charge in [0, 0.05) is 13.1 Å². The van der Waals surface area contributed by atoms with E-state index >= 15 is 0 Å². The maximum Gasteiger partial charge on any atom is 0.261 e. The van der Waals surface area contributed by atoms with E-state index in [2.05, 4.69) is 18.9 Å². The lowest BCUT2D eigenvalue weighted by molar-refractivity contribution is -0.130. The molecule has 0 fully saturated rings. The zero-order chi connectivity index (χ0) is 16.3. The van der Waals surface area contributed by atoms with Crippen LogP contribution < -0.4 is 5.09 Å². The lowest BCUT2D eigenvalue weighted by atomic mass is 10.3. The van der Waals surface area contributed by atoms with E-state index in [1.165, 1.54) is 0 Å². The molecule has 126 valence electrons. The van der Waals surface area contributed by atoms with Gasteiger partial charge in [-0.25, -0.2) is 5.09 Å². The van der Waals surface area contributed by atoms with Crippen LogP contribution in [0.3, 0.4) is 0 Å². The molecule has 0 spiro atoms. The Kier molecular flexibility index (Phi) is 11.6. The van der Waals surface area contributed by atoms with Gasteiger partial charge in [-0.2, -0.15) is 0 Å². The first-order valence-electron chi connectivity index (χ1n) is 7.88. The van der Waals surface area contributed by atoms with Crippen molar-refractivity contribution in [2.45, 2.75) is 60.0 Å². The summed E-state index contributed by atoms with van der Waals surface area (Å²) < 4.78 is 11.4. The normalized spacial score (nSPS) is 15.5. The molecular formula is C14H31N2O3PS. The number of nitrogens with zero attached hydrogens (tertiary/aromatic N) is 1.